The number of carbonyl (C=O) groups is 1. The normalized spacial score (nSPS) is 9.73. The van der Waals surface area contributed by atoms with E-state index in [1.54, 1.807) is 0 Å². The number of rotatable bonds is 4. The maximum absolute atomic E-state index is 11.1. The lowest BCUT2D eigenvalue weighted by Crippen LogP contribution is -2.29. The van der Waals surface area contributed by atoms with E-state index in [4.69, 9.17) is 10.5 Å². The van der Waals surface area contributed by atoms with Crippen LogP contribution < -0.4 is 11.1 Å². The summed E-state index contributed by atoms with van der Waals surface area (Å²) in [5.41, 5.74) is 6.16. The molecule has 0 heterocycles. The summed E-state index contributed by atoms with van der Waals surface area (Å²) < 4.78 is 5.92. The lowest BCUT2D eigenvalue weighted by molar-refractivity contribution is 0.140. The number of hydrogen-bond acceptors (Lipinski definition) is 3. The van der Waals surface area contributed by atoms with Crippen molar-refractivity contribution < 1.29 is 9.53 Å². The molecule has 0 aromatic heterocycles. The minimum absolute atomic E-state index is 0.260. The van der Waals surface area contributed by atoms with Crippen molar-refractivity contribution in [2.45, 2.75) is 6.61 Å². The number of hydrogen-bond donors (Lipinski definition) is 2. The molecule has 0 aliphatic heterocycles. The van der Waals surface area contributed by atoms with Gasteiger partial charge in [0.1, 0.15) is 6.61 Å². The highest BCUT2D eigenvalue weighted by Crippen LogP contribution is 2.12. The molecule has 0 saturated carbocycles. The molecule has 1 aromatic carbocycles. The van der Waals surface area contributed by atoms with Gasteiger partial charge in [-0.05, 0) is 17.7 Å². The van der Waals surface area contributed by atoms with Gasteiger partial charge in [0.05, 0.1) is 0 Å². The Labute approximate surface area is 96.9 Å². The number of ether oxygens (including phenoxy) is 1. The number of nitrogens with one attached hydrogen (secondary N) is 1. The molecule has 1 aromatic rings. The smallest absolute Gasteiger partial charge is 0.407 e. The van der Waals surface area contributed by atoms with Crippen LogP contribution in [0.3, 0.4) is 0 Å². The summed E-state index contributed by atoms with van der Waals surface area (Å²) in [7, 11) is 0. The fraction of sp³-hybridized carbons (Fsp3) is 0.300. The summed E-state index contributed by atoms with van der Waals surface area (Å²) in [5.74, 6) is 0. The standard InChI is InChI=1S/C10H13BrN2O2/c11-9-3-1-2-8(6-9)7-15-10(14)13-5-4-12/h1-3,6H,4-5,7,12H2,(H,13,14). The van der Waals surface area contributed by atoms with Crippen molar-refractivity contribution in [3.63, 3.8) is 0 Å². The van der Waals surface area contributed by atoms with Crippen molar-refractivity contribution in [3.8, 4) is 0 Å². The summed E-state index contributed by atoms with van der Waals surface area (Å²) in [6, 6.07) is 7.59. The van der Waals surface area contributed by atoms with Gasteiger partial charge in [0.15, 0.2) is 0 Å². The molecule has 4 nitrogen and oxygen atoms in total. The molecule has 0 spiro atoms. The Morgan fingerprint density at radius 1 is 1.53 bits per heavy atom. The molecule has 15 heavy (non-hydrogen) atoms. The van der Waals surface area contributed by atoms with Gasteiger partial charge in [-0.2, -0.15) is 0 Å². The maximum atomic E-state index is 11.1. The van der Waals surface area contributed by atoms with Crippen molar-refractivity contribution in [1.82, 2.24) is 5.32 Å². The predicted molar refractivity (Wildman–Crippen MR) is 61.4 cm³/mol. The minimum Gasteiger partial charge on any atom is -0.445 e. The summed E-state index contributed by atoms with van der Waals surface area (Å²) in [4.78, 5) is 11.1. The van der Waals surface area contributed by atoms with Crippen LogP contribution in [0.1, 0.15) is 5.56 Å². The fourth-order valence-electron chi connectivity index (χ4n) is 1.00. The van der Waals surface area contributed by atoms with Gasteiger partial charge in [0, 0.05) is 17.6 Å². The average Bonchev–Trinajstić information content (AvgIpc) is 2.23. The number of alkyl carbamates (subject to hydrolysis) is 1. The molecule has 0 saturated heterocycles. The van der Waals surface area contributed by atoms with Gasteiger partial charge < -0.3 is 15.8 Å². The Kier molecular flexibility index (Phi) is 5.14. The van der Waals surface area contributed by atoms with Crippen molar-refractivity contribution in [1.29, 1.82) is 0 Å². The van der Waals surface area contributed by atoms with E-state index >= 15 is 0 Å². The molecule has 0 bridgehead atoms. The second-order valence-electron chi connectivity index (χ2n) is 2.92. The number of benzene rings is 1. The van der Waals surface area contributed by atoms with Gasteiger partial charge in [-0.15, -0.1) is 0 Å². The van der Waals surface area contributed by atoms with Gasteiger partial charge in [-0.3, -0.25) is 0 Å². The van der Waals surface area contributed by atoms with E-state index in [9.17, 15) is 4.79 Å². The fourth-order valence-corrected chi connectivity index (χ4v) is 1.45. The molecule has 0 fully saturated rings. The van der Waals surface area contributed by atoms with Crippen molar-refractivity contribution in [2.24, 2.45) is 5.73 Å². The third-order valence-corrected chi connectivity index (χ3v) is 2.17. The monoisotopic (exact) mass is 272 g/mol. The largest absolute Gasteiger partial charge is 0.445 e. The quantitative estimate of drug-likeness (QED) is 0.876. The van der Waals surface area contributed by atoms with Gasteiger partial charge in [0.25, 0.3) is 0 Å². The average molecular weight is 273 g/mol. The minimum atomic E-state index is -0.444. The molecule has 1 amide bonds. The first-order chi connectivity index (χ1) is 7.22. The summed E-state index contributed by atoms with van der Waals surface area (Å²) >= 11 is 3.34. The number of carbonyl (C=O) groups excluding carboxylic acids is 1. The first-order valence-electron chi connectivity index (χ1n) is 4.57. The topological polar surface area (TPSA) is 64.3 Å². The van der Waals surface area contributed by atoms with E-state index in [0.29, 0.717) is 13.1 Å². The Hall–Kier alpha value is -1.07. The zero-order valence-electron chi connectivity index (χ0n) is 8.20. The molecule has 1 rings (SSSR count). The number of amides is 1. The molecule has 0 radical (unpaired) electrons. The highest BCUT2D eigenvalue weighted by atomic mass is 79.9. The molecule has 0 aliphatic rings. The van der Waals surface area contributed by atoms with Gasteiger partial charge in [-0.1, -0.05) is 28.1 Å². The first kappa shape index (κ1) is 12.0. The molecular weight excluding hydrogens is 260 g/mol. The van der Waals surface area contributed by atoms with Gasteiger partial charge >= 0.3 is 6.09 Å². The lowest BCUT2D eigenvalue weighted by atomic mass is 10.2. The number of nitrogens with two attached hydrogens (primary N) is 1. The van der Waals surface area contributed by atoms with Crippen LogP contribution in [0.4, 0.5) is 4.79 Å². The second-order valence-corrected chi connectivity index (χ2v) is 3.84. The van der Waals surface area contributed by atoms with Crippen LogP contribution in [-0.4, -0.2) is 19.2 Å². The molecular formula is C10H13BrN2O2. The SMILES string of the molecule is NCCNC(=O)OCc1cccc(Br)c1. The van der Waals surface area contributed by atoms with E-state index in [-0.39, 0.29) is 6.61 Å². The van der Waals surface area contributed by atoms with E-state index in [0.717, 1.165) is 10.0 Å². The third kappa shape index (κ3) is 4.80. The van der Waals surface area contributed by atoms with E-state index in [1.807, 2.05) is 24.3 Å². The summed E-state index contributed by atoms with van der Waals surface area (Å²) in [6.45, 7) is 1.10. The molecule has 0 aliphatic carbocycles. The Balaban J connectivity index is 2.33. The van der Waals surface area contributed by atoms with Gasteiger partial charge in [-0.25, -0.2) is 4.79 Å². The Morgan fingerprint density at radius 3 is 3.00 bits per heavy atom. The first-order valence-corrected chi connectivity index (χ1v) is 5.37. The zero-order chi connectivity index (χ0) is 11.1. The molecule has 82 valence electrons. The second kappa shape index (κ2) is 6.42. The Bertz CT molecular complexity index is 331. The van der Waals surface area contributed by atoms with Crippen molar-refractivity contribution >= 4 is 22.0 Å². The van der Waals surface area contributed by atoms with E-state index in [2.05, 4.69) is 21.2 Å². The van der Waals surface area contributed by atoms with Crippen LogP contribution in [0, 0.1) is 0 Å². The maximum Gasteiger partial charge on any atom is 0.407 e. The van der Waals surface area contributed by atoms with Crippen LogP contribution in [0.5, 0.6) is 0 Å². The third-order valence-electron chi connectivity index (χ3n) is 1.67. The van der Waals surface area contributed by atoms with Crippen molar-refractivity contribution in [3.05, 3.63) is 34.3 Å². The van der Waals surface area contributed by atoms with Gasteiger partial charge in [0.2, 0.25) is 0 Å². The van der Waals surface area contributed by atoms with Crippen LogP contribution in [0.15, 0.2) is 28.7 Å². The zero-order valence-corrected chi connectivity index (χ0v) is 9.79. The predicted octanol–water partition coefficient (Wildman–Crippen LogP) is 1.63. The molecule has 0 atom stereocenters. The van der Waals surface area contributed by atoms with Crippen LogP contribution >= 0.6 is 15.9 Å². The molecule has 0 unspecified atom stereocenters. The summed E-state index contributed by atoms with van der Waals surface area (Å²) in [6.07, 6.45) is -0.444. The van der Waals surface area contributed by atoms with E-state index < -0.39 is 6.09 Å². The highest BCUT2D eigenvalue weighted by molar-refractivity contribution is 9.10. The van der Waals surface area contributed by atoms with Crippen LogP contribution in [-0.2, 0) is 11.3 Å². The Morgan fingerprint density at radius 2 is 2.33 bits per heavy atom. The van der Waals surface area contributed by atoms with Crippen LogP contribution in [0.2, 0.25) is 0 Å². The van der Waals surface area contributed by atoms with Crippen molar-refractivity contribution in [2.75, 3.05) is 13.1 Å². The summed E-state index contributed by atoms with van der Waals surface area (Å²) in [5, 5.41) is 2.52. The molecule has 3 N–H and O–H groups in total. The number of halogens is 1. The lowest BCUT2D eigenvalue weighted by Gasteiger charge is -2.06. The van der Waals surface area contributed by atoms with E-state index in [1.165, 1.54) is 0 Å². The molecule has 5 heteroatoms. The van der Waals surface area contributed by atoms with Crippen LogP contribution in [0.25, 0.3) is 0 Å². The highest BCUT2D eigenvalue weighted by Gasteiger charge is 2.01.